The Morgan fingerprint density at radius 1 is 1.10 bits per heavy atom. The molecule has 1 aromatic carbocycles. The minimum Gasteiger partial charge on any atom is -0.369 e. The molecule has 1 aromatic heterocycles. The van der Waals surface area contributed by atoms with Gasteiger partial charge in [0.2, 0.25) is 10.0 Å². The standard InChI is InChI=1S/C22H30N4O3S/c1-17-7-6-11-26(14-17)30(28,29)20-13-21(24(2)16-20)22(27)23-18-10-12-25(15-18)19-8-4-3-5-9-19/h3-5,8-9,13,16-18H,6-7,10-12,14-15H2,1-2H3,(H,23,27). The third-order valence-corrected chi connectivity index (χ3v) is 7.95. The predicted octanol–water partition coefficient (Wildman–Crippen LogP) is 2.45. The number of rotatable bonds is 5. The molecule has 2 atom stereocenters. The number of hydrogen-bond donors (Lipinski definition) is 1. The van der Waals surface area contributed by atoms with Gasteiger partial charge in [0, 0.05) is 51.2 Å². The number of para-hydroxylation sites is 1. The quantitative estimate of drug-likeness (QED) is 0.791. The smallest absolute Gasteiger partial charge is 0.268 e. The number of piperidine rings is 1. The zero-order valence-electron chi connectivity index (χ0n) is 17.6. The molecular weight excluding hydrogens is 400 g/mol. The SMILES string of the molecule is CC1CCCN(S(=O)(=O)c2cc(C(=O)NC3CCN(c4ccccc4)C3)n(C)c2)C1. The van der Waals surface area contributed by atoms with Gasteiger partial charge in [-0.3, -0.25) is 4.79 Å². The van der Waals surface area contributed by atoms with Crippen molar-refractivity contribution in [2.75, 3.05) is 31.1 Å². The Bertz CT molecular complexity index is 1000. The van der Waals surface area contributed by atoms with E-state index in [4.69, 9.17) is 0 Å². The molecule has 4 rings (SSSR count). The first-order valence-corrected chi connectivity index (χ1v) is 12.1. The molecule has 0 aliphatic carbocycles. The number of hydrogen-bond acceptors (Lipinski definition) is 4. The number of amides is 1. The van der Waals surface area contributed by atoms with Gasteiger partial charge in [-0.05, 0) is 43.4 Å². The summed E-state index contributed by atoms with van der Waals surface area (Å²) in [7, 11) is -1.86. The highest BCUT2D eigenvalue weighted by molar-refractivity contribution is 7.89. The van der Waals surface area contributed by atoms with E-state index in [1.807, 2.05) is 18.2 Å². The van der Waals surface area contributed by atoms with Crippen LogP contribution in [0.5, 0.6) is 0 Å². The molecule has 0 bridgehead atoms. The molecule has 2 aliphatic rings. The summed E-state index contributed by atoms with van der Waals surface area (Å²) >= 11 is 0. The number of nitrogens with one attached hydrogen (secondary N) is 1. The van der Waals surface area contributed by atoms with Crippen molar-refractivity contribution >= 4 is 21.6 Å². The van der Waals surface area contributed by atoms with Crippen LogP contribution in [-0.2, 0) is 17.1 Å². The molecule has 2 aromatic rings. The minimum absolute atomic E-state index is 0.0376. The fraction of sp³-hybridized carbons (Fsp3) is 0.500. The number of benzene rings is 1. The van der Waals surface area contributed by atoms with Gasteiger partial charge in [-0.1, -0.05) is 25.1 Å². The van der Waals surface area contributed by atoms with Crippen LogP contribution in [0.15, 0.2) is 47.5 Å². The fourth-order valence-electron chi connectivity index (χ4n) is 4.43. The second-order valence-electron chi connectivity index (χ2n) is 8.52. The zero-order valence-corrected chi connectivity index (χ0v) is 18.4. The number of sulfonamides is 1. The van der Waals surface area contributed by atoms with Crippen LogP contribution in [0.25, 0.3) is 0 Å². The Morgan fingerprint density at radius 3 is 2.60 bits per heavy atom. The summed E-state index contributed by atoms with van der Waals surface area (Å²) in [5, 5.41) is 3.08. The highest BCUT2D eigenvalue weighted by Crippen LogP contribution is 2.25. The molecule has 2 unspecified atom stereocenters. The van der Waals surface area contributed by atoms with Crippen LogP contribution in [0.2, 0.25) is 0 Å². The Hall–Kier alpha value is -2.32. The Labute approximate surface area is 178 Å². The first kappa shape index (κ1) is 20.9. The number of carbonyl (C=O) groups excluding carboxylic acids is 1. The summed E-state index contributed by atoms with van der Waals surface area (Å²) in [4.78, 5) is 15.3. The van der Waals surface area contributed by atoms with E-state index in [9.17, 15) is 13.2 Å². The molecule has 3 heterocycles. The molecule has 2 saturated heterocycles. The van der Waals surface area contributed by atoms with Crippen LogP contribution in [0, 0.1) is 5.92 Å². The lowest BCUT2D eigenvalue weighted by Crippen LogP contribution is -2.39. The first-order valence-electron chi connectivity index (χ1n) is 10.6. The molecule has 30 heavy (non-hydrogen) atoms. The number of carbonyl (C=O) groups is 1. The van der Waals surface area contributed by atoms with Gasteiger partial charge in [0.25, 0.3) is 5.91 Å². The van der Waals surface area contributed by atoms with E-state index in [2.05, 4.69) is 29.3 Å². The van der Waals surface area contributed by atoms with E-state index in [1.165, 1.54) is 6.07 Å². The van der Waals surface area contributed by atoms with E-state index in [-0.39, 0.29) is 16.8 Å². The third kappa shape index (κ3) is 4.25. The van der Waals surface area contributed by atoms with Crippen molar-refractivity contribution in [3.8, 4) is 0 Å². The van der Waals surface area contributed by atoms with Crippen LogP contribution in [-0.4, -0.2) is 55.4 Å². The van der Waals surface area contributed by atoms with Gasteiger partial charge in [0.1, 0.15) is 10.6 Å². The lowest BCUT2D eigenvalue weighted by atomic mass is 10.0. The molecule has 1 N–H and O–H groups in total. The summed E-state index contributed by atoms with van der Waals surface area (Å²) in [5.41, 5.74) is 1.52. The van der Waals surface area contributed by atoms with Gasteiger partial charge in [0.15, 0.2) is 0 Å². The van der Waals surface area contributed by atoms with Crippen LogP contribution in [0.1, 0.15) is 36.7 Å². The van der Waals surface area contributed by atoms with E-state index in [0.29, 0.717) is 24.7 Å². The Kier molecular flexibility index (Phi) is 5.88. The largest absolute Gasteiger partial charge is 0.369 e. The zero-order chi connectivity index (χ0) is 21.3. The van der Waals surface area contributed by atoms with Gasteiger partial charge in [0.05, 0.1) is 0 Å². The third-order valence-electron chi connectivity index (χ3n) is 6.11. The molecule has 0 saturated carbocycles. The molecule has 2 fully saturated rings. The number of aryl methyl sites for hydroxylation is 1. The van der Waals surface area contributed by atoms with Crippen LogP contribution in [0.3, 0.4) is 0 Å². The van der Waals surface area contributed by atoms with Crippen molar-refractivity contribution in [1.82, 2.24) is 14.2 Å². The van der Waals surface area contributed by atoms with Crippen molar-refractivity contribution in [2.24, 2.45) is 13.0 Å². The molecule has 0 radical (unpaired) electrons. The molecule has 8 heteroatoms. The average Bonchev–Trinajstić information content (AvgIpc) is 3.36. The normalized spacial score (nSPS) is 22.9. The lowest BCUT2D eigenvalue weighted by Gasteiger charge is -2.29. The fourth-order valence-corrected chi connectivity index (χ4v) is 6.10. The van der Waals surface area contributed by atoms with Crippen molar-refractivity contribution in [1.29, 1.82) is 0 Å². The van der Waals surface area contributed by atoms with E-state index in [0.717, 1.165) is 38.0 Å². The van der Waals surface area contributed by atoms with Crippen molar-refractivity contribution in [3.63, 3.8) is 0 Å². The van der Waals surface area contributed by atoms with Crippen molar-refractivity contribution in [3.05, 3.63) is 48.3 Å². The summed E-state index contributed by atoms with van der Waals surface area (Å²) in [5.74, 6) is 0.126. The van der Waals surface area contributed by atoms with E-state index in [1.54, 1.807) is 22.1 Å². The highest BCUT2D eigenvalue weighted by atomic mass is 32.2. The van der Waals surface area contributed by atoms with Gasteiger partial charge < -0.3 is 14.8 Å². The van der Waals surface area contributed by atoms with Crippen molar-refractivity contribution in [2.45, 2.75) is 37.1 Å². The average molecular weight is 431 g/mol. The van der Waals surface area contributed by atoms with E-state index < -0.39 is 10.0 Å². The number of nitrogens with zero attached hydrogens (tertiary/aromatic N) is 3. The Balaban J connectivity index is 1.44. The second-order valence-corrected chi connectivity index (χ2v) is 10.5. The minimum atomic E-state index is -3.58. The second kappa shape index (κ2) is 8.43. The van der Waals surface area contributed by atoms with Gasteiger partial charge in [-0.2, -0.15) is 4.31 Å². The summed E-state index contributed by atoms with van der Waals surface area (Å²) in [6, 6.07) is 11.7. The maximum atomic E-state index is 13.0. The highest BCUT2D eigenvalue weighted by Gasteiger charge is 2.31. The van der Waals surface area contributed by atoms with Gasteiger partial charge in [-0.25, -0.2) is 8.42 Å². The molecular formula is C22H30N4O3S. The maximum absolute atomic E-state index is 13.0. The number of aromatic nitrogens is 1. The lowest BCUT2D eigenvalue weighted by molar-refractivity contribution is 0.0932. The summed E-state index contributed by atoms with van der Waals surface area (Å²) in [6.07, 6.45) is 4.34. The first-order chi connectivity index (χ1) is 14.3. The molecule has 162 valence electrons. The summed E-state index contributed by atoms with van der Waals surface area (Å²) in [6.45, 7) is 4.79. The van der Waals surface area contributed by atoms with Crippen molar-refractivity contribution < 1.29 is 13.2 Å². The summed E-state index contributed by atoms with van der Waals surface area (Å²) < 4.78 is 29.2. The van der Waals surface area contributed by atoms with Crippen LogP contribution < -0.4 is 10.2 Å². The molecule has 7 nitrogen and oxygen atoms in total. The van der Waals surface area contributed by atoms with Gasteiger partial charge in [-0.15, -0.1) is 0 Å². The van der Waals surface area contributed by atoms with E-state index >= 15 is 0 Å². The molecule has 0 spiro atoms. The predicted molar refractivity (Wildman–Crippen MR) is 117 cm³/mol. The van der Waals surface area contributed by atoms with Crippen LogP contribution in [0.4, 0.5) is 5.69 Å². The maximum Gasteiger partial charge on any atom is 0.268 e. The Morgan fingerprint density at radius 2 is 1.87 bits per heavy atom. The monoisotopic (exact) mass is 430 g/mol. The molecule has 1 amide bonds. The van der Waals surface area contributed by atoms with Gasteiger partial charge >= 0.3 is 0 Å². The topological polar surface area (TPSA) is 74.7 Å². The van der Waals surface area contributed by atoms with Crippen LogP contribution >= 0.6 is 0 Å². The molecule has 2 aliphatic heterocycles. The number of anilines is 1.